The van der Waals surface area contributed by atoms with Crippen molar-refractivity contribution in [1.82, 2.24) is 0 Å². The van der Waals surface area contributed by atoms with Gasteiger partial charge < -0.3 is 15.4 Å². The zero-order chi connectivity index (χ0) is 19.5. The highest BCUT2D eigenvalue weighted by molar-refractivity contribution is 7.11. The van der Waals surface area contributed by atoms with Crippen molar-refractivity contribution in [2.75, 3.05) is 17.2 Å². The fraction of sp³-hybridized carbons (Fsp3) is 0.0476. The van der Waals surface area contributed by atoms with E-state index in [1.807, 2.05) is 17.5 Å². The van der Waals surface area contributed by atoms with Gasteiger partial charge in [0.2, 0.25) is 0 Å². The van der Waals surface area contributed by atoms with Crippen molar-refractivity contribution in [1.29, 1.82) is 0 Å². The number of ether oxygens (including phenoxy) is 1. The van der Waals surface area contributed by atoms with Gasteiger partial charge in [-0.3, -0.25) is 9.59 Å². The lowest BCUT2D eigenvalue weighted by Crippen LogP contribution is -2.25. The highest BCUT2D eigenvalue weighted by Gasteiger charge is 2.18. The van der Waals surface area contributed by atoms with E-state index in [-0.39, 0.29) is 24.2 Å². The number of carbonyl (C=O) groups excluding carboxylic acids is 2. The number of hydrogen-bond donors (Lipinski definition) is 2. The molecule has 140 valence electrons. The summed E-state index contributed by atoms with van der Waals surface area (Å²) in [6.45, 7) is -0.0262. The quantitative estimate of drug-likeness (QED) is 0.645. The van der Waals surface area contributed by atoms with Gasteiger partial charge >= 0.3 is 0 Å². The van der Waals surface area contributed by atoms with E-state index in [9.17, 15) is 14.0 Å². The molecule has 0 saturated heterocycles. The van der Waals surface area contributed by atoms with Crippen molar-refractivity contribution in [3.63, 3.8) is 0 Å². The number of carbonyl (C=O) groups is 2. The maximum atomic E-state index is 13.2. The molecule has 0 radical (unpaired) electrons. The fourth-order valence-electron chi connectivity index (χ4n) is 2.77. The van der Waals surface area contributed by atoms with E-state index in [0.29, 0.717) is 28.3 Å². The Labute approximate surface area is 164 Å². The van der Waals surface area contributed by atoms with Crippen molar-refractivity contribution >= 4 is 46.2 Å². The molecule has 2 N–H and O–H groups in total. The summed E-state index contributed by atoms with van der Waals surface area (Å²) in [7, 11) is 0. The topological polar surface area (TPSA) is 67.4 Å². The van der Waals surface area contributed by atoms with Crippen LogP contribution >= 0.6 is 11.3 Å². The smallest absolute Gasteiger partial charge is 0.262 e. The van der Waals surface area contributed by atoms with Crippen LogP contribution in [0.2, 0.25) is 0 Å². The van der Waals surface area contributed by atoms with E-state index in [0.717, 1.165) is 4.88 Å². The Bertz CT molecular complexity index is 1060. The monoisotopic (exact) mass is 394 g/mol. The first-order valence-corrected chi connectivity index (χ1v) is 9.36. The number of fused-ring (bicyclic) bond motifs is 1. The molecule has 0 unspecified atom stereocenters. The molecule has 4 rings (SSSR count). The molecule has 3 aromatic rings. The van der Waals surface area contributed by atoms with Gasteiger partial charge in [0.15, 0.2) is 6.61 Å². The van der Waals surface area contributed by atoms with Crippen molar-refractivity contribution < 1.29 is 18.7 Å². The summed E-state index contributed by atoms with van der Waals surface area (Å²) in [6.07, 6.45) is 1.71. The lowest BCUT2D eigenvalue weighted by Gasteiger charge is -2.18. The average molecular weight is 394 g/mol. The third kappa shape index (κ3) is 3.94. The maximum Gasteiger partial charge on any atom is 0.262 e. The molecule has 1 aromatic heterocycles. The molecule has 0 bridgehead atoms. The first-order valence-electron chi connectivity index (χ1n) is 8.48. The summed E-state index contributed by atoms with van der Waals surface area (Å²) < 4.78 is 18.5. The Morgan fingerprint density at radius 1 is 1.18 bits per heavy atom. The third-order valence-electron chi connectivity index (χ3n) is 4.08. The Morgan fingerprint density at radius 3 is 2.75 bits per heavy atom. The first kappa shape index (κ1) is 17.9. The number of nitrogens with one attached hydrogen (secondary N) is 2. The number of halogens is 1. The standard InChI is InChI=1S/C21H15FN2O3S/c22-14-5-3-13(4-6-14)10-16(19-2-1-9-28-19)21(26)23-15-7-8-18-17(11-15)24-20(25)12-27-18/h1-11H,12H2,(H,23,26)(H,24,25)/b16-10+. The first-order chi connectivity index (χ1) is 13.6. The van der Waals surface area contributed by atoms with Crippen LogP contribution in [-0.4, -0.2) is 18.4 Å². The number of hydrogen-bond acceptors (Lipinski definition) is 4. The van der Waals surface area contributed by atoms with Gasteiger partial charge in [-0.05, 0) is 53.4 Å². The molecule has 2 heterocycles. The van der Waals surface area contributed by atoms with Gasteiger partial charge in [0.05, 0.1) is 11.3 Å². The van der Waals surface area contributed by atoms with E-state index in [1.54, 1.807) is 36.4 Å². The Kier molecular flexibility index (Phi) is 4.90. The predicted octanol–water partition coefficient (Wildman–Crippen LogP) is 4.40. The van der Waals surface area contributed by atoms with E-state index in [2.05, 4.69) is 10.6 Å². The molecule has 7 heteroatoms. The largest absolute Gasteiger partial charge is 0.482 e. The third-order valence-corrected chi connectivity index (χ3v) is 4.99. The van der Waals surface area contributed by atoms with E-state index < -0.39 is 0 Å². The van der Waals surface area contributed by atoms with Gasteiger partial charge in [-0.15, -0.1) is 11.3 Å². The van der Waals surface area contributed by atoms with E-state index in [1.165, 1.54) is 23.5 Å². The van der Waals surface area contributed by atoms with E-state index in [4.69, 9.17) is 4.74 Å². The normalized spacial score (nSPS) is 13.3. The zero-order valence-electron chi connectivity index (χ0n) is 14.6. The lowest BCUT2D eigenvalue weighted by atomic mass is 10.1. The molecule has 28 heavy (non-hydrogen) atoms. The number of amides is 2. The van der Waals surface area contributed by atoms with Crippen LogP contribution < -0.4 is 15.4 Å². The lowest BCUT2D eigenvalue weighted by molar-refractivity contribution is -0.118. The molecule has 2 amide bonds. The van der Waals surface area contributed by atoms with Crippen LogP contribution in [0.25, 0.3) is 11.6 Å². The highest BCUT2D eigenvalue weighted by Crippen LogP contribution is 2.31. The van der Waals surface area contributed by atoms with Gasteiger partial charge in [0.1, 0.15) is 11.6 Å². The molecule has 0 saturated carbocycles. The van der Waals surface area contributed by atoms with Crippen molar-refractivity contribution in [3.05, 3.63) is 76.2 Å². The summed E-state index contributed by atoms with van der Waals surface area (Å²) in [5.74, 6) is -0.336. The summed E-state index contributed by atoms with van der Waals surface area (Å²) >= 11 is 1.44. The number of benzene rings is 2. The second kappa shape index (κ2) is 7.66. The molecule has 2 aromatic carbocycles. The predicted molar refractivity (Wildman–Crippen MR) is 108 cm³/mol. The summed E-state index contributed by atoms with van der Waals surface area (Å²) in [5.41, 5.74) is 2.20. The van der Waals surface area contributed by atoms with Crippen LogP contribution in [0, 0.1) is 5.82 Å². The zero-order valence-corrected chi connectivity index (χ0v) is 15.4. The summed E-state index contributed by atoms with van der Waals surface area (Å²) in [6, 6.07) is 14.7. The van der Waals surface area contributed by atoms with Gasteiger partial charge in [-0.2, -0.15) is 0 Å². The Balaban J connectivity index is 1.62. The summed E-state index contributed by atoms with van der Waals surface area (Å²) in [5, 5.41) is 7.44. The molecule has 1 aliphatic heterocycles. The van der Waals surface area contributed by atoms with E-state index >= 15 is 0 Å². The number of anilines is 2. The van der Waals surface area contributed by atoms with Crippen LogP contribution in [-0.2, 0) is 9.59 Å². The molecule has 5 nitrogen and oxygen atoms in total. The molecule has 0 atom stereocenters. The second-order valence-electron chi connectivity index (χ2n) is 6.09. The molecule has 0 aliphatic carbocycles. The SMILES string of the molecule is O=C1COc2ccc(NC(=O)/C(=C/c3ccc(F)cc3)c3cccs3)cc2N1. The number of rotatable bonds is 4. The van der Waals surface area contributed by atoms with Crippen LogP contribution in [0.1, 0.15) is 10.4 Å². The minimum atomic E-state index is -0.336. The molecular formula is C21H15FN2O3S. The second-order valence-corrected chi connectivity index (χ2v) is 7.04. The molecule has 1 aliphatic rings. The molecular weight excluding hydrogens is 379 g/mol. The van der Waals surface area contributed by atoms with Gasteiger partial charge in [-0.1, -0.05) is 18.2 Å². The fourth-order valence-corrected chi connectivity index (χ4v) is 3.50. The van der Waals surface area contributed by atoms with Crippen molar-refractivity contribution in [2.24, 2.45) is 0 Å². The van der Waals surface area contributed by atoms with Gasteiger partial charge in [0.25, 0.3) is 11.8 Å². The minimum Gasteiger partial charge on any atom is -0.482 e. The van der Waals surface area contributed by atoms with Crippen LogP contribution in [0.15, 0.2) is 60.0 Å². The minimum absolute atomic E-state index is 0.0262. The van der Waals surface area contributed by atoms with Crippen molar-refractivity contribution in [3.8, 4) is 5.75 Å². The van der Waals surface area contributed by atoms with Crippen molar-refractivity contribution in [2.45, 2.75) is 0 Å². The van der Waals surface area contributed by atoms with Gasteiger partial charge in [0, 0.05) is 10.6 Å². The van der Waals surface area contributed by atoms with Gasteiger partial charge in [-0.25, -0.2) is 4.39 Å². The highest BCUT2D eigenvalue weighted by atomic mass is 32.1. The maximum absolute atomic E-state index is 13.2. The van der Waals surface area contributed by atoms with Crippen LogP contribution in [0.4, 0.5) is 15.8 Å². The summed E-state index contributed by atoms with van der Waals surface area (Å²) in [4.78, 5) is 25.2. The van der Waals surface area contributed by atoms with Crippen LogP contribution in [0.3, 0.4) is 0 Å². The molecule has 0 spiro atoms. The Hall–Kier alpha value is -3.45. The average Bonchev–Trinajstić information content (AvgIpc) is 3.21. The molecule has 0 fully saturated rings. The van der Waals surface area contributed by atoms with Crippen LogP contribution in [0.5, 0.6) is 5.75 Å². The number of thiophene rings is 1. The Morgan fingerprint density at radius 2 is 2.00 bits per heavy atom.